The van der Waals surface area contributed by atoms with E-state index in [0.717, 1.165) is 12.2 Å². The number of anilines is 1. The summed E-state index contributed by atoms with van der Waals surface area (Å²) in [6, 6.07) is 5.80. The number of hydrogen-bond donors (Lipinski definition) is 1. The maximum Gasteiger partial charge on any atom is 0.153 e. The first-order valence-electron chi connectivity index (χ1n) is 5.41. The molecule has 0 unspecified atom stereocenters. The number of nitrogen functional groups attached to an aromatic ring is 1. The van der Waals surface area contributed by atoms with E-state index in [1.165, 1.54) is 5.56 Å². The van der Waals surface area contributed by atoms with Gasteiger partial charge in [-0.3, -0.25) is 0 Å². The molecule has 0 bridgehead atoms. The van der Waals surface area contributed by atoms with Gasteiger partial charge in [0.1, 0.15) is 5.82 Å². The van der Waals surface area contributed by atoms with Crippen molar-refractivity contribution in [3.8, 4) is 5.82 Å². The Kier molecular flexibility index (Phi) is 2.90. The van der Waals surface area contributed by atoms with E-state index in [2.05, 4.69) is 30.0 Å². The van der Waals surface area contributed by atoms with Crippen LogP contribution in [-0.4, -0.2) is 14.8 Å². The molecule has 84 valence electrons. The lowest BCUT2D eigenvalue weighted by atomic mass is 10.1. The van der Waals surface area contributed by atoms with Gasteiger partial charge in [0.2, 0.25) is 0 Å². The van der Waals surface area contributed by atoms with Gasteiger partial charge in [0, 0.05) is 18.5 Å². The summed E-state index contributed by atoms with van der Waals surface area (Å²) in [6.45, 7) is 4.39. The molecule has 2 rings (SSSR count). The monoisotopic (exact) mass is 216 g/mol. The molecule has 0 atom stereocenters. The Morgan fingerprint density at radius 1 is 1.31 bits per heavy atom. The summed E-state index contributed by atoms with van der Waals surface area (Å²) in [5.41, 5.74) is 6.80. The molecule has 0 radical (unpaired) electrons. The molecule has 4 heteroatoms. The molecule has 2 heterocycles. The van der Waals surface area contributed by atoms with Gasteiger partial charge in [-0.2, -0.15) is 0 Å². The zero-order valence-electron chi connectivity index (χ0n) is 9.59. The van der Waals surface area contributed by atoms with Crippen molar-refractivity contribution in [2.45, 2.75) is 20.3 Å². The molecule has 0 saturated heterocycles. The summed E-state index contributed by atoms with van der Waals surface area (Å²) in [4.78, 5) is 4.36. The van der Waals surface area contributed by atoms with Crippen LogP contribution in [0.4, 0.5) is 5.82 Å². The van der Waals surface area contributed by atoms with Crippen LogP contribution < -0.4 is 5.73 Å². The van der Waals surface area contributed by atoms with E-state index < -0.39 is 0 Å². The summed E-state index contributed by atoms with van der Waals surface area (Å²) in [5, 5.41) is 4.10. The van der Waals surface area contributed by atoms with E-state index in [1.807, 2.05) is 12.3 Å². The zero-order chi connectivity index (χ0) is 11.5. The van der Waals surface area contributed by atoms with Crippen molar-refractivity contribution in [1.29, 1.82) is 0 Å². The lowest BCUT2D eigenvalue weighted by Gasteiger charge is -2.05. The first kappa shape index (κ1) is 10.7. The number of rotatable bonds is 3. The van der Waals surface area contributed by atoms with Gasteiger partial charge in [0.05, 0.1) is 0 Å². The average Bonchev–Trinajstić information content (AvgIpc) is 2.65. The third-order valence-electron chi connectivity index (χ3n) is 2.30. The van der Waals surface area contributed by atoms with Crippen LogP contribution in [0.15, 0.2) is 30.6 Å². The van der Waals surface area contributed by atoms with Crippen molar-refractivity contribution in [2.75, 3.05) is 5.73 Å². The quantitative estimate of drug-likeness (QED) is 0.854. The molecule has 0 fully saturated rings. The van der Waals surface area contributed by atoms with Gasteiger partial charge in [-0.1, -0.05) is 19.9 Å². The minimum atomic E-state index is 0.507. The van der Waals surface area contributed by atoms with Crippen molar-refractivity contribution in [3.63, 3.8) is 0 Å². The number of nitrogens with two attached hydrogens (primary N) is 1. The normalized spacial score (nSPS) is 10.9. The first-order valence-corrected chi connectivity index (χ1v) is 5.41. The number of hydrogen-bond acceptors (Lipinski definition) is 3. The number of pyridine rings is 1. The van der Waals surface area contributed by atoms with Crippen LogP contribution in [0.5, 0.6) is 0 Å². The molecule has 2 aromatic rings. The summed E-state index contributed by atoms with van der Waals surface area (Å²) >= 11 is 0. The minimum Gasteiger partial charge on any atom is -0.382 e. The largest absolute Gasteiger partial charge is 0.382 e. The Morgan fingerprint density at radius 3 is 2.62 bits per heavy atom. The molecule has 2 aromatic heterocycles. The Hall–Kier alpha value is -1.84. The van der Waals surface area contributed by atoms with Crippen LogP contribution in [0.25, 0.3) is 5.82 Å². The second-order valence-corrected chi connectivity index (χ2v) is 4.31. The molecule has 0 amide bonds. The highest BCUT2D eigenvalue weighted by Crippen LogP contribution is 2.10. The molecule has 0 aliphatic heterocycles. The van der Waals surface area contributed by atoms with Crippen LogP contribution in [0.1, 0.15) is 19.4 Å². The summed E-state index contributed by atoms with van der Waals surface area (Å²) in [5.74, 6) is 1.95. The van der Waals surface area contributed by atoms with E-state index in [-0.39, 0.29) is 0 Å². The molecule has 0 saturated carbocycles. The second kappa shape index (κ2) is 4.35. The smallest absolute Gasteiger partial charge is 0.153 e. The molecule has 16 heavy (non-hydrogen) atoms. The molecular formula is C12H16N4. The third-order valence-corrected chi connectivity index (χ3v) is 2.30. The van der Waals surface area contributed by atoms with Gasteiger partial charge < -0.3 is 5.73 Å². The Labute approximate surface area is 95.1 Å². The fourth-order valence-electron chi connectivity index (χ4n) is 1.61. The maximum atomic E-state index is 5.55. The minimum absolute atomic E-state index is 0.507. The van der Waals surface area contributed by atoms with Gasteiger partial charge in [0.15, 0.2) is 5.82 Å². The van der Waals surface area contributed by atoms with Crippen molar-refractivity contribution < 1.29 is 0 Å². The van der Waals surface area contributed by atoms with E-state index in [0.29, 0.717) is 11.7 Å². The SMILES string of the molecule is CC(C)Cc1ccc(-n2ccc(N)n2)nc1. The maximum absolute atomic E-state index is 5.55. The van der Waals surface area contributed by atoms with Gasteiger partial charge in [-0.05, 0) is 24.0 Å². The molecule has 4 nitrogen and oxygen atoms in total. The number of nitrogens with zero attached hydrogens (tertiary/aromatic N) is 3. The molecule has 0 aromatic carbocycles. The highest BCUT2D eigenvalue weighted by Gasteiger charge is 2.01. The lowest BCUT2D eigenvalue weighted by molar-refractivity contribution is 0.645. The fourth-order valence-corrected chi connectivity index (χ4v) is 1.61. The van der Waals surface area contributed by atoms with Crippen molar-refractivity contribution in [3.05, 3.63) is 36.2 Å². The molecule has 0 aliphatic rings. The van der Waals surface area contributed by atoms with E-state index in [4.69, 9.17) is 5.73 Å². The van der Waals surface area contributed by atoms with Crippen molar-refractivity contribution in [1.82, 2.24) is 14.8 Å². The van der Waals surface area contributed by atoms with E-state index >= 15 is 0 Å². The number of aromatic nitrogens is 3. The summed E-state index contributed by atoms with van der Waals surface area (Å²) in [6.07, 6.45) is 4.75. The summed E-state index contributed by atoms with van der Waals surface area (Å²) in [7, 11) is 0. The topological polar surface area (TPSA) is 56.7 Å². The zero-order valence-corrected chi connectivity index (χ0v) is 9.59. The van der Waals surface area contributed by atoms with E-state index in [1.54, 1.807) is 16.9 Å². The average molecular weight is 216 g/mol. The molecule has 0 aliphatic carbocycles. The van der Waals surface area contributed by atoms with Crippen LogP contribution in [-0.2, 0) is 6.42 Å². The third kappa shape index (κ3) is 2.39. The highest BCUT2D eigenvalue weighted by atomic mass is 15.3. The molecular weight excluding hydrogens is 200 g/mol. The van der Waals surface area contributed by atoms with E-state index in [9.17, 15) is 0 Å². The van der Waals surface area contributed by atoms with Gasteiger partial charge >= 0.3 is 0 Å². The molecule has 0 spiro atoms. The van der Waals surface area contributed by atoms with Crippen LogP contribution >= 0.6 is 0 Å². The van der Waals surface area contributed by atoms with Crippen LogP contribution in [0, 0.1) is 5.92 Å². The van der Waals surface area contributed by atoms with Crippen molar-refractivity contribution in [2.24, 2.45) is 5.92 Å². The first-order chi connectivity index (χ1) is 7.65. The Morgan fingerprint density at radius 2 is 2.12 bits per heavy atom. The molecule has 2 N–H and O–H groups in total. The lowest BCUT2D eigenvalue weighted by Crippen LogP contribution is -2.01. The Balaban J connectivity index is 2.19. The highest BCUT2D eigenvalue weighted by molar-refractivity contribution is 5.30. The van der Waals surface area contributed by atoms with Gasteiger partial charge in [-0.15, -0.1) is 5.10 Å². The van der Waals surface area contributed by atoms with Crippen LogP contribution in [0.3, 0.4) is 0 Å². The summed E-state index contributed by atoms with van der Waals surface area (Å²) < 4.78 is 1.68. The standard InChI is InChI=1S/C12H16N4/c1-9(2)7-10-3-4-12(14-8-10)16-6-5-11(13)15-16/h3-6,8-9H,7H2,1-2H3,(H2,13,15). The predicted molar refractivity (Wildman–Crippen MR) is 64.3 cm³/mol. The van der Waals surface area contributed by atoms with Gasteiger partial charge in [0.25, 0.3) is 0 Å². The fraction of sp³-hybridized carbons (Fsp3) is 0.333. The predicted octanol–water partition coefficient (Wildman–Crippen LogP) is 2.05. The Bertz CT molecular complexity index is 456. The van der Waals surface area contributed by atoms with Crippen LogP contribution in [0.2, 0.25) is 0 Å². The van der Waals surface area contributed by atoms with Gasteiger partial charge in [-0.25, -0.2) is 9.67 Å². The second-order valence-electron chi connectivity index (χ2n) is 4.31. The van der Waals surface area contributed by atoms with Crippen molar-refractivity contribution >= 4 is 5.82 Å².